The van der Waals surface area contributed by atoms with Gasteiger partial charge in [0, 0.05) is 28.7 Å². The van der Waals surface area contributed by atoms with E-state index in [4.69, 9.17) is 4.98 Å². The average Bonchev–Trinajstić information content (AvgIpc) is 3.01. The number of aliphatic hydroxyl groups excluding tert-OH is 1. The molecule has 1 N–H and O–H groups in total. The molecule has 1 atom stereocenters. The summed E-state index contributed by atoms with van der Waals surface area (Å²) in [5.74, 6) is 0.319. The van der Waals surface area contributed by atoms with Crippen molar-refractivity contribution in [3.05, 3.63) is 54.2 Å². The molecule has 2 heterocycles. The van der Waals surface area contributed by atoms with Crippen molar-refractivity contribution in [3.8, 4) is 0 Å². The number of nitrogens with zero attached hydrogens (tertiary/aromatic N) is 2. The Morgan fingerprint density at radius 3 is 2.46 bits per heavy atom. The molecular formula is C23H24N2O. The number of para-hydroxylation sites is 2. The lowest BCUT2D eigenvalue weighted by Crippen LogP contribution is -2.17. The third-order valence-corrected chi connectivity index (χ3v) is 6.14. The number of aryl methyl sites for hydroxylation is 1. The number of aliphatic hydroxyl groups is 1. The summed E-state index contributed by atoms with van der Waals surface area (Å²) in [7, 11) is 2.12. The van der Waals surface area contributed by atoms with Crippen LogP contribution in [0.4, 0.5) is 0 Å². The van der Waals surface area contributed by atoms with Crippen molar-refractivity contribution >= 4 is 32.7 Å². The van der Waals surface area contributed by atoms with Crippen molar-refractivity contribution in [2.45, 2.75) is 38.2 Å². The van der Waals surface area contributed by atoms with Crippen LogP contribution in [0.3, 0.4) is 0 Å². The van der Waals surface area contributed by atoms with E-state index in [1.807, 2.05) is 6.07 Å². The predicted molar refractivity (Wildman–Crippen MR) is 107 cm³/mol. The Kier molecular flexibility index (Phi) is 3.71. The van der Waals surface area contributed by atoms with Gasteiger partial charge in [0.2, 0.25) is 0 Å². The van der Waals surface area contributed by atoms with E-state index in [1.165, 1.54) is 35.7 Å². The van der Waals surface area contributed by atoms with E-state index in [2.05, 4.69) is 54.1 Å². The first kappa shape index (κ1) is 15.8. The molecule has 0 radical (unpaired) electrons. The van der Waals surface area contributed by atoms with Gasteiger partial charge in [0.25, 0.3) is 0 Å². The second kappa shape index (κ2) is 6.10. The van der Waals surface area contributed by atoms with Gasteiger partial charge in [-0.1, -0.05) is 55.7 Å². The molecule has 2 aromatic carbocycles. The van der Waals surface area contributed by atoms with Crippen LogP contribution in [0.1, 0.15) is 43.9 Å². The van der Waals surface area contributed by atoms with Crippen molar-refractivity contribution in [1.29, 1.82) is 0 Å². The first-order chi connectivity index (χ1) is 12.8. The lowest BCUT2D eigenvalue weighted by molar-refractivity contribution is 0.0828. The van der Waals surface area contributed by atoms with Crippen molar-refractivity contribution < 1.29 is 5.11 Å². The molecule has 1 fully saturated rings. The van der Waals surface area contributed by atoms with Crippen molar-refractivity contribution in [3.63, 3.8) is 0 Å². The maximum atomic E-state index is 11.3. The van der Waals surface area contributed by atoms with E-state index in [0.717, 1.165) is 34.8 Å². The van der Waals surface area contributed by atoms with Gasteiger partial charge in [0.1, 0.15) is 0 Å². The summed E-state index contributed by atoms with van der Waals surface area (Å²) >= 11 is 0. The normalized spacial score (nSPS) is 17.3. The monoisotopic (exact) mass is 344 g/mol. The molecule has 0 spiro atoms. The third kappa shape index (κ3) is 2.27. The highest BCUT2D eigenvalue weighted by Crippen LogP contribution is 2.41. The maximum absolute atomic E-state index is 11.3. The number of fused-ring (bicyclic) bond motifs is 5. The van der Waals surface area contributed by atoms with Gasteiger partial charge in [-0.2, -0.15) is 0 Å². The Labute approximate surface area is 153 Å². The van der Waals surface area contributed by atoms with E-state index >= 15 is 0 Å². The van der Waals surface area contributed by atoms with Crippen molar-refractivity contribution in [2.24, 2.45) is 13.0 Å². The lowest BCUT2D eigenvalue weighted by atomic mass is 9.83. The van der Waals surface area contributed by atoms with Crippen LogP contribution in [-0.4, -0.2) is 14.7 Å². The Hall–Kier alpha value is -2.39. The predicted octanol–water partition coefficient (Wildman–Crippen LogP) is 5.49. The third-order valence-electron chi connectivity index (χ3n) is 6.14. The minimum atomic E-state index is -0.492. The van der Waals surface area contributed by atoms with E-state index in [9.17, 15) is 5.11 Å². The molecule has 132 valence electrons. The minimum Gasteiger partial charge on any atom is -0.386 e. The fourth-order valence-corrected chi connectivity index (χ4v) is 4.81. The number of hydrogen-bond donors (Lipinski definition) is 1. The fraction of sp³-hybridized carbons (Fsp3) is 0.348. The smallest absolute Gasteiger partial charge is 0.0995 e. The van der Waals surface area contributed by atoms with Gasteiger partial charge in [0.15, 0.2) is 0 Å². The summed E-state index contributed by atoms with van der Waals surface area (Å²) in [5.41, 5.74) is 4.21. The van der Waals surface area contributed by atoms with E-state index in [1.54, 1.807) is 0 Å². The van der Waals surface area contributed by atoms with Gasteiger partial charge < -0.3 is 9.67 Å². The number of aromatic nitrogens is 2. The van der Waals surface area contributed by atoms with E-state index in [0.29, 0.717) is 5.92 Å². The summed E-state index contributed by atoms with van der Waals surface area (Å²) < 4.78 is 2.26. The Bertz CT molecular complexity index is 1110. The highest BCUT2D eigenvalue weighted by Gasteiger charge is 2.28. The zero-order valence-electron chi connectivity index (χ0n) is 15.2. The van der Waals surface area contributed by atoms with Crippen LogP contribution in [0.5, 0.6) is 0 Å². The van der Waals surface area contributed by atoms with Gasteiger partial charge in [-0.3, -0.25) is 0 Å². The molecule has 1 saturated carbocycles. The van der Waals surface area contributed by atoms with Gasteiger partial charge in [-0.25, -0.2) is 4.98 Å². The SMILES string of the molecule is Cn1c2ccccc2c2c(C(O)C3CCCCC3)nc3ccccc3c21. The Balaban J connectivity index is 1.87. The van der Waals surface area contributed by atoms with Crippen LogP contribution in [0.25, 0.3) is 32.7 Å². The molecule has 3 nitrogen and oxygen atoms in total. The highest BCUT2D eigenvalue weighted by molar-refractivity contribution is 6.17. The first-order valence-electron chi connectivity index (χ1n) is 9.69. The molecule has 1 aliphatic rings. The van der Waals surface area contributed by atoms with Crippen LogP contribution in [0, 0.1) is 5.92 Å². The molecule has 0 bridgehead atoms. The molecule has 1 aliphatic carbocycles. The van der Waals surface area contributed by atoms with E-state index < -0.39 is 6.10 Å². The maximum Gasteiger partial charge on any atom is 0.0995 e. The molecule has 2 aromatic heterocycles. The number of benzene rings is 2. The molecule has 3 heteroatoms. The highest BCUT2D eigenvalue weighted by atomic mass is 16.3. The topological polar surface area (TPSA) is 38.0 Å². The molecular weight excluding hydrogens is 320 g/mol. The summed E-state index contributed by atoms with van der Waals surface area (Å²) in [6.07, 6.45) is 5.43. The summed E-state index contributed by atoms with van der Waals surface area (Å²) in [5, 5.41) is 14.8. The number of hydrogen-bond acceptors (Lipinski definition) is 2. The van der Waals surface area contributed by atoms with Gasteiger partial charge in [0.05, 0.1) is 22.8 Å². The summed E-state index contributed by atoms with van der Waals surface area (Å²) in [4.78, 5) is 4.98. The Morgan fingerprint density at radius 1 is 0.962 bits per heavy atom. The standard InChI is InChI=1S/C23H24N2O/c1-25-19-14-8-6-12-17(19)20-21(23(26)15-9-3-2-4-10-15)24-18-13-7-5-11-16(18)22(20)25/h5-8,11-15,23,26H,2-4,9-10H2,1H3. The van der Waals surface area contributed by atoms with Gasteiger partial charge in [-0.05, 0) is 30.9 Å². The van der Waals surface area contributed by atoms with Crippen molar-refractivity contribution in [2.75, 3.05) is 0 Å². The van der Waals surface area contributed by atoms with E-state index in [-0.39, 0.29) is 0 Å². The minimum absolute atomic E-state index is 0.319. The molecule has 5 rings (SSSR count). The zero-order chi connectivity index (χ0) is 17.7. The van der Waals surface area contributed by atoms with Crippen LogP contribution in [-0.2, 0) is 7.05 Å². The second-order valence-corrected chi connectivity index (χ2v) is 7.66. The summed E-state index contributed by atoms with van der Waals surface area (Å²) in [6, 6.07) is 16.8. The first-order valence-corrected chi connectivity index (χ1v) is 9.69. The second-order valence-electron chi connectivity index (χ2n) is 7.66. The van der Waals surface area contributed by atoms with Crippen molar-refractivity contribution in [1.82, 2.24) is 9.55 Å². The van der Waals surface area contributed by atoms with Crippen LogP contribution in [0.2, 0.25) is 0 Å². The lowest BCUT2D eigenvalue weighted by Gasteiger charge is -2.27. The fourth-order valence-electron chi connectivity index (χ4n) is 4.81. The Morgan fingerprint density at radius 2 is 1.65 bits per heavy atom. The van der Waals surface area contributed by atoms with Crippen LogP contribution < -0.4 is 0 Å². The summed E-state index contributed by atoms with van der Waals surface area (Å²) in [6.45, 7) is 0. The van der Waals surface area contributed by atoms with Crippen LogP contribution in [0.15, 0.2) is 48.5 Å². The number of rotatable bonds is 2. The molecule has 0 amide bonds. The molecule has 26 heavy (non-hydrogen) atoms. The zero-order valence-corrected chi connectivity index (χ0v) is 15.2. The molecule has 0 saturated heterocycles. The quantitative estimate of drug-likeness (QED) is 0.522. The molecule has 1 unspecified atom stereocenters. The van der Waals surface area contributed by atoms with Gasteiger partial charge >= 0.3 is 0 Å². The largest absolute Gasteiger partial charge is 0.386 e. The van der Waals surface area contributed by atoms with Crippen LogP contribution >= 0.6 is 0 Å². The van der Waals surface area contributed by atoms with Gasteiger partial charge in [-0.15, -0.1) is 0 Å². The molecule has 0 aliphatic heterocycles. The molecule has 4 aromatic rings. The average molecular weight is 344 g/mol. The number of pyridine rings is 1.